The molecule has 2 aromatic rings. The number of anilines is 2. The number of methoxy groups -OCH3 is 1. The van der Waals surface area contributed by atoms with Crippen LogP contribution >= 0.6 is 0 Å². The number of ether oxygens (including phenoxy) is 1. The standard InChI is InChI=1S/C16H18N2O3/c1-18(2)12-6-4-11(5-7-12)17-16(20)14-10-13(21-3)8-9-15(14)19/h4-10,19H,1-3H3,(H,17,20). The molecule has 0 heterocycles. The Morgan fingerprint density at radius 1 is 1.14 bits per heavy atom. The number of phenols is 1. The first-order valence-corrected chi connectivity index (χ1v) is 6.47. The highest BCUT2D eigenvalue weighted by atomic mass is 16.5. The Bertz CT molecular complexity index is 636. The zero-order valence-electron chi connectivity index (χ0n) is 12.3. The number of nitrogens with one attached hydrogen (secondary N) is 1. The van der Waals surface area contributed by atoms with E-state index in [1.54, 1.807) is 6.07 Å². The van der Waals surface area contributed by atoms with Gasteiger partial charge in [-0.3, -0.25) is 4.79 Å². The van der Waals surface area contributed by atoms with Gasteiger partial charge in [0.15, 0.2) is 0 Å². The van der Waals surface area contributed by atoms with Gasteiger partial charge in [0.1, 0.15) is 11.5 Å². The minimum absolute atomic E-state index is 0.0850. The molecule has 2 N–H and O–H groups in total. The Labute approximate surface area is 123 Å². The van der Waals surface area contributed by atoms with Crippen molar-refractivity contribution in [3.63, 3.8) is 0 Å². The maximum absolute atomic E-state index is 12.2. The van der Waals surface area contributed by atoms with E-state index in [0.717, 1.165) is 5.69 Å². The summed E-state index contributed by atoms with van der Waals surface area (Å²) in [5.41, 5.74) is 1.87. The molecule has 0 aliphatic carbocycles. The molecule has 0 spiro atoms. The fourth-order valence-electron chi connectivity index (χ4n) is 1.87. The molecule has 2 rings (SSSR count). The first-order chi connectivity index (χ1) is 10.0. The molecule has 0 aromatic heterocycles. The Morgan fingerprint density at radius 2 is 1.81 bits per heavy atom. The number of nitrogens with zero attached hydrogens (tertiary/aromatic N) is 1. The molecule has 0 bridgehead atoms. The molecule has 110 valence electrons. The van der Waals surface area contributed by atoms with Crippen molar-refractivity contribution in [2.45, 2.75) is 0 Å². The summed E-state index contributed by atoms with van der Waals surface area (Å²) < 4.78 is 5.06. The molecule has 0 unspecified atom stereocenters. The van der Waals surface area contributed by atoms with Gasteiger partial charge in [-0.15, -0.1) is 0 Å². The minimum atomic E-state index is -0.385. The zero-order valence-corrected chi connectivity index (χ0v) is 12.3. The first-order valence-electron chi connectivity index (χ1n) is 6.47. The van der Waals surface area contributed by atoms with Crippen LogP contribution in [0, 0.1) is 0 Å². The Morgan fingerprint density at radius 3 is 2.38 bits per heavy atom. The Kier molecular flexibility index (Phi) is 4.33. The number of carbonyl (C=O) groups excluding carboxylic acids is 1. The first kappa shape index (κ1) is 14.7. The highest BCUT2D eigenvalue weighted by Crippen LogP contribution is 2.24. The van der Waals surface area contributed by atoms with E-state index in [2.05, 4.69) is 5.32 Å². The van der Waals surface area contributed by atoms with Crippen LogP contribution < -0.4 is 15.0 Å². The molecule has 21 heavy (non-hydrogen) atoms. The molecule has 0 fully saturated rings. The molecule has 0 atom stereocenters. The van der Waals surface area contributed by atoms with Gasteiger partial charge in [0, 0.05) is 25.5 Å². The largest absolute Gasteiger partial charge is 0.507 e. The van der Waals surface area contributed by atoms with Crippen LogP contribution in [0.1, 0.15) is 10.4 Å². The van der Waals surface area contributed by atoms with E-state index < -0.39 is 0 Å². The van der Waals surface area contributed by atoms with Crippen LogP contribution in [-0.4, -0.2) is 32.2 Å². The van der Waals surface area contributed by atoms with Crippen LogP contribution in [0.5, 0.6) is 11.5 Å². The quantitative estimate of drug-likeness (QED) is 0.907. The monoisotopic (exact) mass is 286 g/mol. The van der Waals surface area contributed by atoms with Crippen molar-refractivity contribution >= 4 is 17.3 Å². The fraction of sp³-hybridized carbons (Fsp3) is 0.188. The lowest BCUT2D eigenvalue weighted by molar-refractivity contribution is 0.102. The number of carbonyl (C=O) groups is 1. The third-order valence-electron chi connectivity index (χ3n) is 3.09. The molecule has 0 aliphatic heterocycles. The van der Waals surface area contributed by atoms with Gasteiger partial charge in [-0.1, -0.05) is 0 Å². The molecule has 0 radical (unpaired) electrons. The fourth-order valence-corrected chi connectivity index (χ4v) is 1.87. The smallest absolute Gasteiger partial charge is 0.259 e. The molecule has 0 saturated carbocycles. The van der Waals surface area contributed by atoms with E-state index in [1.807, 2.05) is 43.3 Å². The predicted octanol–water partition coefficient (Wildman–Crippen LogP) is 2.72. The summed E-state index contributed by atoms with van der Waals surface area (Å²) in [7, 11) is 5.40. The van der Waals surface area contributed by atoms with E-state index in [1.165, 1.54) is 19.2 Å². The van der Waals surface area contributed by atoms with Crippen molar-refractivity contribution < 1.29 is 14.6 Å². The summed E-state index contributed by atoms with van der Waals surface area (Å²) in [5, 5.41) is 12.5. The van der Waals surface area contributed by atoms with Crippen molar-refractivity contribution in [3.05, 3.63) is 48.0 Å². The number of aromatic hydroxyl groups is 1. The predicted molar refractivity (Wildman–Crippen MR) is 83.4 cm³/mol. The Balaban J connectivity index is 2.17. The van der Waals surface area contributed by atoms with Gasteiger partial charge in [0.2, 0.25) is 0 Å². The number of hydrogen-bond donors (Lipinski definition) is 2. The van der Waals surface area contributed by atoms with Crippen LogP contribution in [0.4, 0.5) is 11.4 Å². The SMILES string of the molecule is COc1ccc(O)c(C(=O)Nc2ccc(N(C)C)cc2)c1. The normalized spacial score (nSPS) is 10.0. The van der Waals surface area contributed by atoms with Crippen LogP contribution in [0.15, 0.2) is 42.5 Å². The summed E-state index contributed by atoms with van der Waals surface area (Å²) >= 11 is 0. The summed E-state index contributed by atoms with van der Waals surface area (Å²) in [5.74, 6) is 0.0446. The summed E-state index contributed by atoms with van der Waals surface area (Å²) in [4.78, 5) is 14.2. The van der Waals surface area contributed by atoms with Gasteiger partial charge in [-0.05, 0) is 42.5 Å². The highest BCUT2D eigenvalue weighted by molar-refractivity contribution is 6.06. The average Bonchev–Trinajstić information content (AvgIpc) is 2.48. The third-order valence-corrected chi connectivity index (χ3v) is 3.09. The van der Waals surface area contributed by atoms with Crippen LogP contribution in [0.2, 0.25) is 0 Å². The van der Waals surface area contributed by atoms with Gasteiger partial charge < -0.3 is 20.1 Å². The average molecular weight is 286 g/mol. The lowest BCUT2D eigenvalue weighted by atomic mass is 10.1. The van der Waals surface area contributed by atoms with E-state index in [-0.39, 0.29) is 17.2 Å². The molecule has 5 nitrogen and oxygen atoms in total. The van der Waals surface area contributed by atoms with E-state index in [4.69, 9.17) is 4.74 Å². The number of benzene rings is 2. The van der Waals surface area contributed by atoms with Crippen LogP contribution in [0.25, 0.3) is 0 Å². The lowest BCUT2D eigenvalue weighted by Crippen LogP contribution is -2.13. The molecule has 0 aliphatic rings. The molecule has 5 heteroatoms. The van der Waals surface area contributed by atoms with Gasteiger partial charge in [-0.25, -0.2) is 0 Å². The summed E-state index contributed by atoms with van der Waals surface area (Å²) in [6.45, 7) is 0. The van der Waals surface area contributed by atoms with Crippen molar-refractivity contribution in [2.24, 2.45) is 0 Å². The second-order valence-electron chi connectivity index (χ2n) is 4.78. The molecule has 0 saturated heterocycles. The van der Waals surface area contributed by atoms with Crippen LogP contribution in [-0.2, 0) is 0 Å². The number of phenolic OH excluding ortho intramolecular Hbond substituents is 1. The van der Waals surface area contributed by atoms with E-state index in [9.17, 15) is 9.90 Å². The van der Waals surface area contributed by atoms with Crippen molar-refractivity contribution in [2.75, 3.05) is 31.4 Å². The zero-order chi connectivity index (χ0) is 15.4. The number of amides is 1. The molecular formula is C16H18N2O3. The highest BCUT2D eigenvalue weighted by Gasteiger charge is 2.12. The lowest BCUT2D eigenvalue weighted by Gasteiger charge is -2.13. The molecule has 2 aromatic carbocycles. The maximum Gasteiger partial charge on any atom is 0.259 e. The van der Waals surface area contributed by atoms with Gasteiger partial charge >= 0.3 is 0 Å². The Hall–Kier alpha value is -2.69. The van der Waals surface area contributed by atoms with Crippen molar-refractivity contribution in [3.8, 4) is 11.5 Å². The topological polar surface area (TPSA) is 61.8 Å². The van der Waals surface area contributed by atoms with E-state index >= 15 is 0 Å². The molecular weight excluding hydrogens is 268 g/mol. The summed E-state index contributed by atoms with van der Waals surface area (Å²) in [6.07, 6.45) is 0. The van der Waals surface area contributed by atoms with Gasteiger partial charge in [0.25, 0.3) is 5.91 Å². The summed E-state index contributed by atoms with van der Waals surface area (Å²) in [6, 6.07) is 12.0. The maximum atomic E-state index is 12.2. The number of hydrogen-bond acceptors (Lipinski definition) is 4. The third kappa shape index (κ3) is 3.45. The minimum Gasteiger partial charge on any atom is -0.507 e. The van der Waals surface area contributed by atoms with Crippen molar-refractivity contribution in [1.82, 2.24) is 0 Å². The van der Waals surface area contributed by atoms with E-state index in [0.29, 0.717) is 11.4 Å². The second kappa shape index (κ2) is 6.17. The van der Waals surface area contributed by atoms with Gasteiger partial charge in [-0.2, -0.15) is 0 Å². The number of rotatable bonds is 4. The van der Waals surface area contributed by atoms with Gasteiger partial charge in [0.05, 0.1) is 12.7 Å². The second-order valence-corrected chi connectivity index (χ2v) is 4.78. The molecule has 1 amide bonds. The van der Waals surface area contributed by atoms with Crippen molar-refractivity contribution in [1.29, 1.82) is 0 Å². The van der Waals surface area contributed by atoms with Crippen LogP contribution in [0.3, 0.4) is 0 Å².